The number of hydrogen-bond acceptors (Lipinski definition) is 4. The van der Waals surface area contributed by atoms with Crippen molar-refractivity contribution in [1.29, 1.82) is 0 Å². The fourth-order valence-electron chi connectivity index (χ4n) is 4.32. The predicted octanol–water partition coefficient (Wildman–Crippen LogP) is 4.32. The molecule has 2 aliphatic rings. The molecule has 0 radical (unpaired) electrons. The lowest BCUT2D eigenvalue weighted by molar-refractivity contribution is 0.415. The summed E-state index contributed by atoms with van der Waals surface area (Å²) in [7, 11) is 1.70. The van der Waals surface area contributed by atoms with Crippen LogP contribution in [0.3, 0.4) is 0 Å². The third-order valence-corrected chi connectivity index (χ3v) is 5.92. The van der Waals surface area contributed by atoms with Gasteiger partial charge in [-0.05, 0) is 43.2 Å². The molecule has 1 N–H and O–H groups in total. The molecule has 0 bridgehead atoms. The highest BCUT2D eigenvalue weighted by Crippen LogP contribution is 2.39. The molecular weight excluding hydrogens is 350 g/mol. The maximum atomic E-state index is 5.70. The van der Waals surface area contributed by atoms with Gasteiger partial charge in [-0.2, -0.15) is 10.2 Å². The average Bonchev–Trinajstić information content (AvgIpc) is 3.12. The number of aryl methyl sites for hydroxylation is 1. The zero-order chi connectivity index (χ0) is 18.7. The monoisotopic (exact) mass is 371 g/mol. The number of aromatic nitrogens is 5. The fraction of sp³-hybridized carbons (Fsp3) is 0.318. The molecule has 6 nitrogen and oxygen atoms in total. The van der Waals surface area contributed by atoms with Gasteiger partial charge in [0.25, 0.3) is 0 Å². The zero-order valence-electron chi connectivity index (χ0n) is 15.8. The van der Waals surface area contributed by atoms with Gasteiger partial charge in [0.2, 0.25) is 0 Å². The first-order valence-electron chi connectivity index (χ1n) is 9.90. The molecule has 2 aliphatic carbocycles. The molecule has 3 aromatic heterocycles. The summed E-state index contributed by atoms with van der Waals surface area (Å²) >= 11 is 0. The number of pyridine rings is 1. The largest absolute Gasteiger partial charge is 0.494 e. The second-order valence-electron chi connectivity index (χ2n) is 7.74. The smallest absolute Gasteiger partial charge is 0.147 e. The van der Waals surface area contributed by atoms with Gasteiger partial charge in [0.15, 0.2) is 0 Å². The summed E-state index contributed by atoms with van der Waals surface area (Å²) in [5, 5.41) is 12.2. The number of rotatable bonds is 4. The molecule has 28 heavy (non-hydrogen) atoms. The molecule has 0 aliphatic heterocycles. The average molecular weight is 371 g/mol. The van der Waals surface area contributed by atoms with Crippen molar-refractivity contribution in [2.24, 2.45) is 0 Å². The van der Waals surface area contributed by atoms with Crippen LogP contribution in [0.5, 0.6) is 5.75 Å². The summed E-state index contributed by atoms with van der Waals surface area (Å²) in [4.78, 5) is 5.04. The van der Waals surface area contributed by atoms with Gasteiger partial charge in [-0.1, -0.05) is 18.2 Å². The van der Waals surface area contributed by atoms with Gasteiger partial charge in [-0.3, -0.25) is 9.78 Å². The lowest BCUT2D eigenvalue weighted by Crippen LogP contribution is -1.96. The van der Waals surface area contributed by atoms with E-state index in [0.29, 0.717) is 6.04 Å². The van der Waals surface area contributed by atoms with E-state index in [1.165, 1.54) is 36.0 Å². The van der Waals surface area contributed by atoms with Crippen molar-refractivity contribution in [1.82, 2.24) is 25.0 Å². The quantitative estimate of drug-likeness (QED) is 0.580. The van der Waals surface area contributed by atoms with Crippen LogP contribution in [-0.2, 0) is 12.8 Å². The van der Waals surface area contributed by atoms with Gasteiger partial charge in [0.05, 0.1) is 24.9 Å². The van der Waals surface area contributed by atoms with Gasteiger partial charge in [-0.25, -0.2) is 4.98 Å². The molecule has 0 spiro atoms. The first kappa shape index (κ1) is 15.9. The molecule has 1 saturated carbocycles. The standard InChI is InChI=1S/C22H21N5O/c1-28-19-10-18-22(20(26-25-18)14-11-23-27(12-14)15-8-9-15)24-21(19)17-7-3-5-13-4-2-6-16(13)17/h3,5,7,10-12,15H,2,4,6,8-9H2,1H3,(H,25,26). The Morgan fingerprint density at radius 2 is 2.11 bits per heavy atom. The SMILES string of the molecule is COc1cc2[nH]nc(-c3cnn(C4CC4)c3)c2nc1-c1cccc2c1CCC2. The van der Waals surface area contributed by atoms with Crippen LogP contribution in [0, 0.1) is 0 Å². The van der Waals surface area contributed by atoms with E-state index < -0.39 is 0 Å². The Bertz CT molecular complexity index is 1200. The van der Waals surface area contributed by atoms with Gasteiger partial charge in [0, 0.05) is 23.4 Å². The second kappa shape index (κ2) is 5.92. The van der Waals surface area contributed by atoms with Crippen molar-refractivity contribution in [3.63, 3.8) is 0 Å². The highest BCUT2D eigenvalue weighted by Gasteiger charge is 2.26. The van der Waals surface area contributed by atoms with E-state index in [2.05, 4.69) is 39.7 Å². The molecule has 1 fully saturated rings. The second-order valence-corrected chi connectivity index (χ2v) is 7.74. The van der Waals surface area contributed by atoms with E-state index in [9.17, 15) is 0 Å². The number of methoxy groups -OCH3 is 1. The number of fused-ring (bicyclic) bond motifs is 2. The molecular formula is C22H21N5O. The van der Waals surface area contributed by atoms with Gasteiger partial charge in [-0.15, -0.1) is 0 Å². The number of H-pyrrole nitrogens is 1. The maximum Gasteiger partial charge on any atom is 0.147 e. The van der Waals surface area contributed by atoms with Crippen LogP contribution in [0.1, 0.15) is 36.4 Å². The Kier molecular flexibility index (Phi) is 3.36. The van der Waals surface area contributed by atoms with Crippen molar-refractivity contribution in [2.45, 2.75) is 38.1 Å². The van der Waals surface area contributed by atoms with E-state index in [1.807, 2.05) is 16.9 Å². The minimum Gasteiger partial charge on any atom is -0.494 e. The van der Waals surface area contributed by atoms with E-state index in [1.54, 1.807) is 7.11 Å². The third-order valence-electron chi connectivity index (χ3n) is 5.92. The Balaban J connectivity index is 1.54. The normalized spacial score (nSPS) is 15.9. The van der Waals surface area contributed by atoms with Gasteiger partial charge < -0.3 is 4.74 Å². The van der Waals surface area contributed by atoms with Crippen molar-refractivity contribution < 1.29 is 4.74 Å². The van der Waals surface area contributed by atoms with Gasteiger partial charge >= 0.3 is 0 Å². The molecule has 0 saturated heterocycles. The minimum absolute atomic E-state index is 0.550. The summed E-state index contributed by atoms with van der Waals surface area (Å²) in [6.45, 7) is 0. The number of nitrogens with one attached hydrogen (secondary N) is 1. The highest BCUT2D eigenvalue weighted by atomic mass is 16.5. The van der Waals surface area contributed by atoms with Crippen LogP contribution in [0.4, 0.5) is 0 Å². The molecule has 4 aromatic rings. The molecule has 6 rings (SSSR count). The maximum absolute atomic E-state index is 5.70. The fourth-order valence-corrected chi connectivity index (χ4v) is 4.32. The van der Waals surface area contributed by atoms with Crippen LogP contribution in [0.25, 0.3) is 33.5 Å². The van der Waals surface area contributed by atoms with Crippen molar-refractivity contribution in [3.8, 4) is 28.3 Å². The molecule has 3 heterocycles. The Morgan fingerprint density at radius 1 is 1.18 bits per heavy atom. The summed E-state index contributed by atoms with van der Waals surface area (Å²) in [6, 6.07) is 9.07. The summed E-state index contributed by atoms with van der Waals surface area (Å²) in [5.74, 6) is 0.775. The highest BCUT2D eigenvalue weighted by molar-refractivity contribution is 5.92. The number of benzene rings is 1. The molecule has 140 valence electrons. The molecule has 0 unspecified atom stereocenters. The van der Waals surface area contributed by atoms with Crippen molar-refractivity contribution >= 4 is 11.0 Å². The van der Waals surface area contributed by atoms with E-state index in [-0.39, 0.29) is 0 Å². The third kappa shape index (κ3) is 2.37. The van der Waals surface area contributed by atoms with Crippen LogP contribution in [0.15, 0.2) is 36.7 Å². The molecule has 0 atom stereocenters. The summed E-state index contributed by atoms with van der Waals surface area (Å²) in [5.41, 5.74) is 8.49. The van der Waals surface area contributed by atoms with Crippen LogP contribution in [-0.4, -0.2) is 32.1 Å². The minimum atomic E-state index is 0.550. The topological polar surface area (TPSA) is 68.6 Å². The van der Waals surface area contributed by atoms with Crippen molar-refractivity contribution in [2.75, 3.05) is 7.11 Å². The van der Waals surface area contributed by atoms with Gasteiger partial charge in [0.1, 0.15) is 22.7 Å². The molecule has 1 aromatic carbocycles. The number of hydrogen-bond donors (Lipinski definition) is 1. The zero-order valence-corrected chi connectivity index (χ0v) is 15.8. The van der Waals surface area contributed by atoms with Crippen LogP contribution >= 0.6 is 0 Å². The summed E-state index contributed by atoms with van der Waals surface area (Å²) < 4.78 is 7.75. The number of ether oxygens (including phenoxy) is 1. The molecule has 6 heteroatoms. The van der Waals surface area contributed by atoms with Crippen molar-refractivity contribution in [3.05, 3.63) is 47.8 Å². The van der Waals surface area contributed by atoms with Crippen LogP contribution in [0.2, 0.25) is 0 Å². The number of nitrogens with zero attached hydrogens (tertiary/aromatic N) is 4. The molecule has 0 amide bonds. The first-order valence-corrected chi connectivity index (χ1v) is 9.90. The van der Waals surface area contributed by atoms with E-state index in [0.717, 1.165) is 46.6 Å². The van der Waals surface area contributed by atoms with Crippen LogP contribution < -0.4 is 4.74 Å². The Morgan fingerprint density at radius 3 is 2.96 bits per heavy atom. The van der Waals surface area contributed by atoms with E-state index >= 15 is 0 Å². The lowest BCUT2D eigenvalue weighted by atomic mass is 9.99. The number of aromatic amines is 1. The van der Waals surface area contributed by atoms with E-state index in [4.69, 9.17) is 9.72 Å². The Labute approximate surface area is 162 Å². The predicted molar refractivity (Wildman–Crippen MR) is 107 cm³/mol. The lowest BCUT2D eigenvalue weighted by Gasteiger charge is -2.12. The Hall–Kier alpha value is -3.15. The first-order chi connectivity index (χ1) is 13.8. The summed E-state index contributed by atoms with van der Waals surface area (Å²) in [6.07, 6.45) is 9.83.